The molecule has 0 aliphatic carbocycles. The largest absolute Gasteiger partial charge is 0.497 e. The Morgan fingerprint density at radius 1 is 1.53 bits per heavy atom. The quantitative estimate of drug-likeness (QED) is 0.917. The fourth-order valence-electron chi connectivity index (χ4n) is 1.28. The number of halogens is 2. The first kappa shape index (κ1) is 12.5. The number of methoxy groups -OCH3 is 1. The summed E-state index contributed by atoms with van der Waals surface area (Å²) < 4.78 is 19.7. The Morgan fingerprint density at radius 3 is 2.73 bits per heavy atom. The second-order valence-electron chi connectivity index (χ2n) is 3.75. The first-order valence-electron chi connectivity index (χ1n) is 4.70. The molecule has 0 aliphatic heterocycles. The van der Waals surface area contributed by atoms with E-state index in [1.54, 1.807) is 7.11 Å². The lowest BCUT2D eigenvalue weighted by molar-refractivity contribution is 0.199. The van der Waals surface area contributed by atoms with E-state index in [2.05, 4.69) is 15.9 Å². The van der Waals surface area contributed by atoms with Gasteiger partial charge in [-0.2, -0.15) is 0 Å². The number of rotatable bonds is 4. The second kappa shape index (κ2) is 4.94. The van der Waals surface area contributed by atoms with Gasteiger partial charge in [-0.1, -0.05) is 15.9 Å². The Kier molecular flexibility index (Phi) is 4.11. The van der Waals surface area contributed by atoms with E-state index in [1.165, 1.54) is 6.92 Å². The first-order chi connectivity index (χ1) is 6.98. The van der Waals surface area contributed by atoms with Gasteiger partial charge in [0.1, 0.15) is 11.4 Å². The third kappa shape index (κ3) is 3.47. The molecule has 1 aromatic carbocycles. The van der Waals surface area contributed by atoms with Gasteiger partial charge >= 0.3 is 0 Å². The maximum Gasteiger partial charge on any atom is 0.124 e. The highest BCUT2D eigenvalue weighted by Crippen LogP contribution is 2.27. The zero-order chi connectivity index (χ0) is 11.5. The normalized spacial score (nSPS) is 14.7. The number of benzene rings is 1. The number of hydrogen-bond donors (Lipinski definition) is 1. The van der Waals surface area contributed by atoms with Crippen LogP contribution >= 0.6 is 15.9 Å². The Balaban J connectivity index is 2.93. The molecular formula is C11H15BrFNO. The zero-order valence-corrected chi connectivity index (χ0v) is 10.5. The second-order valence-corrected chi connectivity index (χ2v) is 4.61. The topological polar surface area (TPSA) is 35.2 Å². The van der Waals surface area contributed by atoms with E-state index in [-0.39, 0.29) is 13.0 Å². The third-order valence-corrected chi connectivity index (χ3v) is 3.01. The standard InChI is InChI=1S/C11H15BrFNO/c1-11(13,7-14)6-8-5-9(15-2)3-4-10(8)12/h3-5H,6-7,14H2,1-2H3. The summed E-state index contributed by atoms with van der Waals surface area (Å²) in [5.41, 5.74) is 4.84. The summed E-state index contributed by atoms with van der Waals surface area (Å²) in [5.74, 6) is 0.723. The van der Waals surface area contributed by atoms with Crippen molar-refractivity contribution in [3.05, 3.63) is 28.2 Å². The Hall–Kier alpha value is -0.610. The molecule has 1 atom stereocenters. The molecule has 0 radical (unpaired) electrons. The molecule has 2 nitrogen and oxygen atoms in total. The molecule has 0 fully saturated rings. The monoisotopic (exact) mass is 275 g/mol. The van der Waals surface area contributed by atoms with Crippen molar-refractivity contribution in [1.29, 1.82) is 0 Å². The van der Waals surface area contributed by atoms with E-state index in [0.29, 0.717) is 0 Å². The summed E-state index contributed by atoms with van der Waals surface area (Å²) in [7, 11) is 1.59. The lowest BCUT2D eigenvalue weighted by Gasteiger charge is -2.19. The minimum absolute atomic E-state index is 0.0106. The van der Waals surface area contributed by atoms with Gasteiger partial charge in [-0.3, -0.25) is 0 Å². The van der Waals surface area contributed by atoms with Gasteiger partial charge in [0.15, 0.2) is 0 Å². The molecule has 2 N–H and O–H groups in total. The molecule has 0 bridgehead atoms. The minimum atomic E-state index is -1.38. The SMILES string of the molecule is COc1ccc(Br)c(CC(C)(F)CN)c1. The zero-order valence-electron chi connectivity index (χ0n) is 8.89. The van der Waals surface area contributed by atoms with Crippen molar-refractivity contribution in [2.75, 3.05) is 13.7 Å². The molecule has 1 rings (SSSR count). The Bertz CT molecular complexity index is 341. The first-order valence-corrected chi connectivity index (χ1v) is 5.49. The van der Waals surface area contributed by atoms with Crippen LogP contribution in [0.25, 0.3) is 0 Å². The van der Waals surface area contributed by atoms with Crippen LogP contribution in [-0.2, 0) is 6.42 Å². The maximum atomic E-state index is 13.7. The van der Waals surface area contributed by atoms with Crippen molar-refractivity contribution < 1.29 is 9.13 Å². The highest BCUT2D eigenvalue weighted by atomic mass is 79.9. The van der Waals surface area contributed by atoms with Gasteiger partial charge in [0.25, 0.3) is 0 Å². The van der Waals surface area contributed by atoms with Crippen LogP contribution in [0.3, 0.4) is 0 Å². The molecule has 84 valence electrons. The highest BCUT2D eigenvalue weighted by Gasteiger charge is 2.22. The molecule has 0 saturated carbocycles. The Morgan fingerprint density at radius 2 is 2.20 bits per heavy atom. The molecule has 0 heterocycles. The van der Waals surface area contributed by atoms with Crippen LogP contribution in [0.2, 0.25) is 0 Å². The average Bonchev–Trinajstić information content (AvgIpc) is 2.21. The molecule has 0 spiro atoms. The van der Waals surface area contributed by atoms with Crippen LogP contribution in [-0.4, -0.2) is 19.3 Å². The summed E-state index contributed by atoms with van der Waals surface area (Å²) in [6.45, 7) is 1.51. The summed E-state index contributed by atoms with van der Waals surface area (Å²) in [6.07, 6.45) is 0.279. The van der Waals surface area contributed by atoms with E-state index in [0.717, 1.165) is 15.8 Å². The van der Waals surface area contributed by atoms with E-state index >= 15 is 0 Å². The van der Waals surface area contributed by atoms with Gasteiger partial charge in [-0.25, -0.2) is 4.39 Å². The van der Waals surface area contributed by atoms with Crippen LogP contribution in [0.1, 0.15) is 12.5 Å². The van der Waals surface area contributed by atoms with Gasteiger partial charge in [-0.15, -0.1) is 0 Å². The third-order valence-electron chi connectivity index (χ3n) is 2.24. The lowest BCUT2D eigenvalue weighted by atomic mass is 9.98. The average molecular weight is 276 g/mol. The van der Waals surface area contributed by atoms with Crippen LogP contribution in [0.4, 0.5) is 4.39 Å². The molecule has 15 heavy (non-hydrogen) atoms. The van der Waals surface area contributed by atoms with E-state index in [9.17, 15) is 4.39 Å². The lowest BCUT2D eigenvalue weighted by Crippen LogP contribution is -2.31. The molecule has 0 saturated heterocycles. The van der Waals surface area contributed by atoms with Crippen molar-refractivity contribution in [3.63, 3.8) is 0 Å². The van der Waals surface area contributed by atoms with E-state index in [4.69, 9.17) is 10.5 Å². The molecular weight excluding hydrogens is 261 g/mol. The summed E-state index contributed by atoms with van der Waals surface area (Å²) in [5, 5.41) is 0. The van der Waals surface area contributed by atoms with Gasteiger partial charge in [-0.05, 0) is 30.7 Å². The molecule has 1 aromatic rings. The fraction of sp³-hybridized carbons (Fsp3) is 0.455. The summed E-state index contributed by atoms with van der Waals surface area (Å²) in [4.78, 5) is 0. The van der Waals surface area contributed by atoms with Crippen molar-refractivity contribution >= 4 is 15.9 Å². The Labute approximate surface area is 97.7 Å². The number of ether oxygens (including phenoxy) is 1. The number of nitrogens with two attached hydrogens (primary N) is 1. The minimum Gasteiger partial charge on any atom is -0.497 e. The van der Waals surface area contributed by atoms with Crippen molar-refractivity contribution in [2.24, 2.45) is 5.73 Å². The number of alkyl halides is 1. The molecule has 4 heteroatoms. The predicted molar refractivity (Wildman–Crippen MR) is 63.0 cm³/mol. The van der Waals surface area contributed by atoms with E-state index in [1.807, 2.05) is 18.2 Å². The fourth-order valence-corrected chi connectivity index (χ4v) is 1.67. The van der Waals surface area contributed by atoms with Crippen LogP contribution < -0.4 is 10.5 Å². The molecule has 0 amide bonds. The van der Waals surface area contributed by atoms with Crippen molar-refractivity contribution in [1.82, 2.24) is 0 Å². The molecule has 0 aromatic heterocycles. The molecule has 0 aliphatic rings. The van der Waals surface area contributed by atoms with Crippen LogP contribution in [0.5, 0.6) is 5.75 Å². The van der Waals surface area contributed by atoms with Crippen LogP contribution in [0, 0.1) is 0 Å². The van der Waals surface area contributed by atoms with Gasteiger partial charge in [0, 0.05) is 17.4 Å². The van der Waals surface area contributed by atoms with E-state index < -0.39 is 5.67 Å². The van der Waals surface area contributed by atoms with Crippen molar-refractivity contribution in [3.8, 4) is 5.75 Å². The maximum absolute atomic E-state index is 13.7. The summed E-state index contributed by atoms with van der Waals surface area (Å²) >= 11 is 3.38. The highest BCUT2D eigenvalue weighted by molar-refractivity contribution is 9.10. The smallest absolute Gasteiger partial charge is 0.124 e. The molecule has 1 unspecified atom stereocenters. The van der Waals surface area contributed by atoms with Crippen LogP contribution in [0.15, 0.2) is 22.7 Å². The van der Waals surface area contributed by atoms with Gasteiger partial charge < -0.3 is 10.5 Å². The summed E-state index contributed by atoms with van der Waals surface area (Å²) in [6, 6.07) is 5.49. The predicted octanol–water partition coefficient (Wildman–Crippen LogP) is 2.69. The van der Waals surface area contributed by atoms with Gasteiger partial charge in [0.05, 0.1) is 7.11 Å². The number of hydrogen-bond acceptors (Lipinski definition) is 2. The van der Waals surface area contributed by atoms with Gasteiger partial charge in [0.2, 0.25) is 0 Å². The van der Waals surface area contributed by atoms with Crippen molar-refractivity contribution in [2.45, 2.75) is 19.0 Å².